The highest BCUT2D eigenvalue weighted by Crippen LogP contribution is 2.18. The van der Waals surface area contributed by atoms with Crippen LogP contribution in [0.3, 0.4) is 0 Å². The number of likely N-dealkylation sites (N-methyl/N-ethyl adjacent to an activating group) is 1. The number of rotatable bonds is 7. The third-order valence-electron chi connectivity index (χ3n) is 2.46. The quantitative estimate of drug-likeness (QED) is 0.731. The van der Waals surface area contributed by atoms with Gasteiger partial charge in [0.05, 0.1) is 25.5 Å². The Kier molecular flexibility index (Phi) is 5.28. The van der Waals surface area contributed by atoms with E-state index < -0.39 is 0 Å². The Morgan fingerprint density at radius 2 is 2.25 bits per heavy atom. The topological polar surface area (TPSA) is 50.5 Å². The molecule has 5 heteroatoms. The van der Waals surface area contributed by atoms with Gasteiger partial charge >= 0.3 is 0 Å². The lowest BCUT2D eigenvalue weighted by Gasteiger charge is -2.12. The van der Waals surface area contributed by atoms with Crippen molar-refractivity contribution in [1.29, 1.82) is 0 Å². The summed E-state index contributed by atoms with van der Waals surface area (Å²) in [7, 11) is 5.72. The second-order valence-electron chi connectivity index (χ2n) is 4.01. The van der Waals surface area contributed by atoms with Crippen molar-refractivity contribution >= 4 is 0 Å². The van der Waals surface area contributed by atoms with Crippen molar-refractivity contribution in [3.8, 4) is 5.75 Å². The van der Waals surface area contributed by atoms with Gasteiger partial charge in [0.25, 0.3) is 0 Å². The van der Waals surface area contributed by atoms with E-state index in [9.17, 15) is 0 Å². The van der Waals surface area contributed by atoms with Crippen LogP contribution in [-0.4, -0.2) is 54.1 Å². The van der Waals surface area contributed by atoms with Gasteiger partial charge in [-0.3, -0.25) is 4.68 Å². The average molecular weight is 227 g/mol. The lowest BCUT2D eigenvalue weighted by atomic mass is 10.2. The van der Waals surface area contributed by atoms with Crippen molar-refractivity contribution in [2.45, 2.75) is 19.4 Å². The van der Waals surface area contributed by atoms with E-state index in [1.54, 1.807) is 13.3 Å². The molecule has 0 aliphatic heterocycles. The summed E-state index contributed by atoms with van der Waals surface area (Å²) in [6.45, 7) is 1.98. The number of ether oxygens (including phenoxy) is 1. The molecular formula is C11H21N3O2. The Bertz CT molecular complexity index is 310. The first kappa shape index (κ1) is 13.0. The average Bonchev–Trinajstić information content (AvgIpc) is 2.65. The van der Waals surface area contributed by atoms with Crippen molar-refractivity contribution in [3.63, 3.8) is 0 Å². The number of hydrogen-bond acceptors (Lipinski definition) is 4. The maximum Gasteiger partial charge on any atom is 0.159 e. The molecule has 0 unspecified atom stereocenters. The smallest absolute Gasteiger partial charge is 0.159 e. The molecule has 0 amide bonds. The highest BCUT2D eigenvalue weighted by molar-refractivity contribution is 5.25. The molecule has 0 radical (unpaired) electrons. The number of aliphatic hydroxyl groups excluding tert-OH is 1. The van der Waals surface area contributed by atoms with Crippen molar-refractivity contribution in [1.82, 2.24) is 14.7 Å². The van der Waals surface area contributed by atoms with E-state index in [4.69, 9.17) is 9.84 Å². The maximum absolute atomic E-state index is 8.86. The van der Waals surface area contributed by atoms with Gasteiger partial charge in [0, 0.05) is 13.2 Å². The molecule has 1 aromatic rings. The summed E-state index contributed by atoms with van der Waals surface area (Å²) < 4.78 is 7.20. The fourth-order valence-corrected chi connectivity index (χ4v) is 1.55. The summed E-state index contributed by atoms with van der Waals surface area (Å²) in [6.07, 6.45) is 3.28. The van der Waals surface area contributed by atoms with Crippen LogP contribution in [0.2, 0.25) is 0 Å². The van der Waals surface area contributed by atoms with Crippen LogP contribution >= 0.6 is 0 Å². The van der Waals surface area contributed by atoms with Gasteiger partial charge in [-0.15, -0.1) is 0 Å². The third kappa shape index (κ3) is 3.50. The fourth-order valence-electron chi connectivity index (χ4n) is 1.55. The Labute approximate surface area is 96.6 Å². The number of hydrogen-bond donors (Lipinski definition) is 1. The van der Waals surface area contributed by atoms with Gasteiger partial charge in [0.2, 0.25) is 0 Å². The molecule has 0 atom stereocenters. The van der Waals surface area contributed by atoms with E-state index >= 15 is 0 Å². The van der Waals surface area contributed by atoms with Gasteiger partial charge in [-0.1, -0.05) is 0 Å². The molecule has 0 aliphatic carbocycles. The molecule has 5 nitrogen and oxygen atoms in total. The molecule has 1 rings (SSSR count). The summed E-state index contributed by atoms with van der Waals surface area (Å²) in [5.41, 5.74) is 1.07. The van der Waals surface area contributed by atoms with Crippen molar-refractivity contribution in [2.24, 2.45) is 0 Å². The fraction of sp³-hybridized carbons (Fsp3) is 0.727. The van der Waals surface area contributed by atoms with Crippen molar-refractivity contribution in [2.75, 3.05) is 34.4 Å². The number of aromatic nitrogens is 2. The first-order chi connectivity index (χ1) is 7.69. The highest BCUT2D eigenvalue weighted by atomic mass is 16.5. The zero-order valence-corrected chi connectivity index (χ0v) is 10.3. The lowest BCUT2D eigenvalue weighted by Crippen LogP contribution is -2.20. The standard InChI is InChI=1S/C11H21N3O2/c1-13(2)6-7-14-10(5-4-8-15)11(16-3)9-12-14/h9,15H,4-8H2,1-3H3. The number of methoxy groups -OCH3 is 1. The summed E-state index contributed by atoms with van der Waals surface area (Å²) >= 11 is 0. The highest BCUT2D eigenvalue weighted by Gasteiger charge is 2.10. The van der Waals surface area contributed by atoms with Crippen LogP contribution in [0.4, 0.5) is 0 Å². The molecule has 1 N–H and O–H groups in total. The molecule has 0 spiro atoms. The van der Waals surface area contributed by atoms with Gasteiger partial charge in [0.1, 0.15) is 0 Å². The minimum Gasteiger partial charge on any atom is -0.493 e. The molecule has 16 heavy (non-hydrogen) atoms. The Morgan fingerprint density at radius 1 is 1.50 bits per heavy atom. The predicted octanol–water partition coefficient (Wildman–Crippen LogP) is 0.378. The first-order valence-corrected chi connectivity index (χ1v) is 5.53. The van der Waals surface area contributed by atoms with Crippen LogP contribution < -0.4 is 4.74 Å². The van der Waals surface area contributed by atoms with E-state index in [0.29, 0.717) is 0 Å². The summed E-state index contributed by atoms with van der Waals surface area (Å²) in [5, 5.41) is 13.2. The summed E-state index contributed by atoms with van der Waals surface area (Å²) in [5.74, 6) is 0.812. The normalized spacial score (nSPS) is 11.1. The molecule has 0 fully saturated rings. The zero-order chi connectivity index (χ0) is 12.0. The summed E-state index contributed by atoms with van der Waals surface area (Å²) in [4.78, 5) is 2.12. The maximum atomic E-state index is 8.86. The molecular weight excluding hydrogens is 206 g/mol. The predicted molar refractivity (Wildman–Crippen MR) is 62.7 cm³/mol. The van der Waals surface area contributed by atoms with Crippen LogP contribution in [0.1, 0.15) is 12.1 Å². The molecule has 1 aromatic heterocycles. The van der Waals surface area contributed by atoms with Gasteiger partial charge in [0.15, 0.2) is 5.75 Å². The molecule has 92 valence electrons. The number of nitrogens with zero attached hydrogens (tertiary/aromatic N) is 3. The SMILES string of the molecule is COc1cnn(CCN(C)C)c1CCCO. The monoisotopic (exact) mass is 227 g/mol. The van der Waals surface area contributed by atoms with Crippen molar-refractivity contribution < 1.29 is 9.84 Å². The van der Waals surface area contributed by atoms with Crippen LogP contribution in [0, 0.1) is 0 Å². The minimum atomic E-state index is 0.196. The third-order valence-corrected chi connectivity index (χ3v) is 2.46. The first-order valence-electron chi connectivity index (χ1n) is 5.53. The van der Waals surface area contributed by atoms with Gasteiger partial charge < -0.3 is 14.7 Å². The molecule has 0 saturated carbocycles. The summed E-state index contributed by atoms with van der Waals surface area (Å²) in [6, 6.07) is 0. The molecule has 0 saturated heterocycles. The zero-order valence-electron chi connectivity index (χ0n) is 10.3. The van der Waals surface area contributed by atoms with Crippen molar-refractivity contribution in [3.05, 3.63) is 11.9 Å². The van der Waals surface area contributed by atoms with Crippen LogP contribution in [0.5, 0.6) is 5.75 Å². The van der Waals surface area contributed by atoms with Gasteiger partial charge in [-0.2, -0.15) is 5.10 Å². The second-order valence-corrected chi connectivity index (χ2v) is 4.01. The van der Waals surface area contributed by atoms with Crippen LogP contribution in [0.25, 0.3) is 0 Å². The Hall–Kier alpha value is -1.07. The largest absolute Gasteiger partial charge is 0.493 e. The molecule has 0 aliphatic rings. The van der Waals surface area contributed by atoms with E-state index in [2.05, 4.69) is 10.00 Å². The van der Waals surface area contributed by atoms with E-state index in [1.807, 2.05) is 18.8 Å². The van der Waals surface area contributed by atoms with Crippen LogP contribution in [0.15, 0.2) is 6.20 Å². The molecule has 0 bridgehead atoms. The van der Waals surface area contributed by atoms with E-state index in [-0.39, 0.29) is 6.61 Å². The van der Waals surface area contributed by atoms with Crippen LogP contribution in [-0.2, 0) is 13.0 Å². The van der Waals surface area contributed by atoms with E-state index in [1.165, 1.54) is 0 Å². The second kappa shape index (κ2) is 6.50. The molecule has 0 aromatic carbocycles. The Balaban J connectivity index is 2.70. The van der Waals surface area contributed by atoms with Gasteiger partial charge in [-0.25, -0.2) is 0 Å². The van der Waals surface area contributed by atoms with E-state index in [0.717, 1.165) is 37.4 Å². The molecule has 1 heterocycles. The number of aliphatic hydroxyl groups is 1. The Morgan fingerprint density at radius 3 is 2.81 bits per heavy atom. The minimum absolute atomic E-state index is 0.196. The van der Waals surface area contributed by atoms with Gasteiger partial charge in [-0.05, 0) is 26.9 Å². The lowest BCUT2D eigenvalue weighted by molar-refractivity contribution is 0.285.